The van der Waals surface area contributed by atoms with Crippen LogP contribution in [0.15, 0.2) is 28.7 Å². The van der Waals surface area contributed by atoms with Crippen LogP contribution >= 0.6 is 15.9 Å². The third kappa shape index (κ3) is 8.96. The van der Waals surface area contributed by atoms with Gasteiger partial charge in [0.25, 0.3) is 0 Å². The lowest BCUT2D eigenvalue weighted by Crippen LogP contribution is -2.57. The predicted molar refractivity (Wildman–Crippen MR) is 214 cm³/mol. The number of hydrogen-bond donors (Lipinski definition) is 4. The van der Waals surface area contributed by atoms with E-state index in [1.54, 1.807) is 19.1 Å². The van der Waals surface area contributed by atoms with Gasteiger partial charge in [-0.15, -0.1) is 0 Å². The van der Waals surface area contributed by atoms with Gasteiger partial charge in [0.1, 0.15) is 6.61 Å². The number of benzene rings is 1. The topological polar surface area (TPSA) is 171 Å². The molecule has 0 radical (unpaired) electrons. The molecule has 0 saturated carbocycles. The number of rotatable bonds is 12. The summed E-state index contributed by atoms with van der Waals surface area (Å²) in [6.45, 7) is 15.6. The lowest BCUT2D eigenvalue weighted by atomic mass is 9.78. The Hall–Kier alpha value is -1.88. The summed E-state index contributed by atoms with van der Waals surface area (Å²) < 4.78 is 46.4. The number of methoxy groups -OCH3 is 1. The van der Waals surface area contributed by atoms with E-state index in [4.69, 9.17) is 33.2 Å². The molecule has 1 aromatic rings. The molecule has 1 aromatic carbocycles. The number of carboxylic acid groups (broad SMARTS) is 1. The highest BCUT2D eigenvalue weighted by Crippen LogP contribution is 2.55. The third-order valence-corrected chi connectivity index (χ3v) is 14.8. The van der Waals surface area contributed by atoms with Gasteiger partial charge in [0, 0.05) is 47.9 Å². The smallest absolute Gasteiger partial charge is 0.411 e. The van der Waals surface area contributed by atoms with Crippen LogP contribution in [0.2, 0.25) is 0 Å². The maximum atomic E-state index is 12.7. The van der Waals surface area contributed by atoms with E-state index in [-0.39, 0.29) is 54.5 Å². The summed E-state index contributed by atoms with van der Waals surface area (Å²) in [4.78, 5) is 24.6. The zero-order valence-electron chi connectivity index (χ0n) is 35.1. The first kappa shape index (κ1) is 44.7. The van der Waals surface area contributed by atoms with Crippen LogP contribution in [0.5, 0.6) is 0 Å². The van der Waals surface area contributed by atoms with E-state index in [2.05, 4.69) is 48.9 Å². The molecule has 4 N–H and O–H groups in total. The average Bonchev–Trinajstić information content (AvgIpc) is 3.88. The summed E-state index contributed by atoms with van der Waals surface area (Å²) in [6, 6.07) is 7.14. The molecule has 13 nitrogen and oxygen atoms in total. The second kappa shape index (κ2) is 17.2. The molecule has 17 atom stereocenters. The van der Waals surface area contributed by atoms with Gasteiger partial charge in [0.05, 0.1) is 59.8 Å². The van der Waals surface area contributed by atoms with Crippen LogP contribution in [0.25, 0.3) is 0 Å². The molecular weight excluding hydrogens is 802 g/mol. The van der Waals surface area contributed by atoms with Crippen LogP contribution in [0.1, 0.15) is 107 Å². The molecule has 57 heavy (non-hydrogen) atoms. The summed E-state index contributed by atoms with van der Waals surface area (Å²) in [6.07, 6.45) is 1.67. The molecular formula is C43H66BrNO12. The molecule has 5 saturated heterocycles. The number of anilines is 1. The zero-order chi connectivity index (χ0) is 41.7. The summed E-state index contributed by atoms with van der Waals surface area (Å²) >= 11 is 3.39. The minimum atomic E-state index is -1.68. The fraction of sp³-hybridized carbons (Fsp3) is 0.814. The molecule has 17 unspecified atom stereocenters. The second-order valence-electron chi connectivity index (χ2n) is 18.3. The Balaban J connectivity index is 1.10. The highest BCUT2D eigenvalue weighted by molar-refractivity contribution is 9.10. The SMILES string of the molecule is CCC1(C2OC(C3OC(O)(COC(=O)Nc4ccc(Br)cc4)C(C)CC3C)CC2C)CCC(C2(C)CCC3(CC(O)C(C)C(C(C)C(OC)C(C)C(=O)O)O3)O2)O1. The summed E-state index contributed by atoms with van der Waals surface area (Å²) in [5.74, 6) is -4.99. The minimum Gasteiger partial charge on any atom is -0.481 e. The second-order valence-corrected chi connectivity index (χ2v) is 19.3. The molecule has 14 heteroatoms. The van der Waals surface area contributed by atoms with Crippen LogP contribution in [0, 0.1) is 35.5 Å². The number of nitrogens with one attached hydrogen (secondary N) is 1. The molecule has 1 spiro atoms. The van der Waals surface area contributed by atoms with Crippen molar-refractivity contribution in [3.63, 3.8) is 0 Å². The summed E-state index contributed by atoms with van der Waals surface area (Å²) in [5.41, 5.74) is -0.668. The fourth-order valence-corrected chi connectivity index (χ4v) is 11.0. The van der Waals surface area contributed by atoms with E-state index in [1.807, 2.05) is 32.9 Å². The van der Waals surface area contributed by atoms with Gasteiger partial charge in [0.2, 0.25) is 5.79 Å². The van der Waals surface area contributed by atoms with Crippen LogP contribution in [0.3, 0.4) is 0 Å². The lowest BCUT2D eigenvalue weighted by molar-refractivity contribution is -0.336. The highest BCUT2D eigenvalue weighted by Gasteiger charge is 2.62. The van der Waals surface area contributed by atoms with Crippen LogP contribution in [-0.4, -0.2) is 107 Å². The number of amides is 1. The van der Waals surface area contributed by atoms with Crippen molar-refractivity contribution in [3.8, 4) is 0 Å². The van der Waals surface area contributed by atoms with Gasteiger partial charge < -0.3 is 48.5 Å². The number of aliphatic carboxylic acids is 1. The van der Waals surface area contributed by atoms with Gasteiger partial charge in [-0.1, -0.05) is 57.5 Å². The Bertz CT molecular complexity index is 1570. The number of hydrogen-bond acceptors (Lipinski definition) is 11. The van der Waals surface area contributed by atoms with Gasteiger partial charge in [-0.2, -0.15) is 0 Å². The summed E-state index contributed by atoms with van der Waals surface area (Å²) in [5, 5.41) is 35.6. The molecule has 5 heterocycles. The Morgan fingerprint density at radius 1 is 1.02 bits per heavy atom. The molecule has 0 aliphatic carbocycles. The fourth-order valence-electron chi connectivity index (χ4n) is 10.8. The molecule has 5 fully saturated rings. The van der Waals surface area contributed by atoms with Crippen LogP contribution < -0.4 is 5.32 Å². The van der Waals surface area contributed by atoms with Gasteiger partial charge in [-0.3, -0.25) is 10.1 Å². The Kier molecular flexibility index (Phi) is 13.5. The first-order valence-electron chi connectivity index (χ1n) is 21.0. The number of aliphatic hydroxyl groups is 2. The highest BCUT2D eigenvalue weighted by atomic mass is 79.9. The Labute approximate surface area is 346 Å². The number of halogens is 1. The number of aliphatic hydroxyl groups excluding tert-OH is 1. The normalized spacial score (nSPS) is 43.8. The molecule has 1 amide bonds. The quantitative estimate of drug-likeness (QED) is 0.166. The zero-order valence-corrected chi connectivity index (χ0v) is 36.7. The van der Waals surface area contributed by atoms with E-state index >= 15 is 0 Å². The molecule has 322 valence electrons. The number of carbonyl (C=O) groups is 2. The van der Waals surface area contributed by atoms with E-state index in [0.29, 0.717) is 31.4 Å². The van der Waals surface area contributed by atoms with Crippen molar-refractivity contribution in [1.29, 1.82) is 0 Å². The molecule has 0 aromatic heterocycles. The maximum absolute atomic E-state index is 12.7. The predicted octanol–water partition coefficient (Wildman–Crippen LogP) is 7.29. The largest absolute Gasteiger partial charge is 0.481 e. The Morgan fingerprint density at radius 3 is 2.37 bits per heavy atom. The van der Waals surface area contributed by atoms with Crippen molar-refractivity contribution in [2.75, 3.05) is 19.0 Å². The van der Waals surface area contributed by atoms with Gasteiger partial charge >= 0.3 is 12.1 Å². The van der Waals surface area contributed by atoms with Gasteiger partial charge in [0.15, 0.2) is 5.79 Å². The number of carbonyl (C=O) groups excluding carboxylic acids is 1. The summed E-state index contributed by atoms with van der Waals surface area (Å²) in [7, 11) is 1.52. The van der Waals surface area contributed by atoms with Gasteiger partial charge in [-0.05, 0) is 88.5 Å². The molecule has 5 aliphatic heterocycles. The third-order valence-electron chi connectivity index (χ3n) is 14.3. The van der Waals surface area contributed by atoms with E-state index in [9.17, 15) is 24.9 Å². The average molecular weight is 869 g/mol. The minimum absolute atomic E-state index is 0.0937. The van der Waals surface area contributed by atoms with Crippen molar-refractivity contribution in [3.05, 3.63) is 28.7 Å². The van der Waals surface area contributed by atoms with Crippen molar-refractivity contribution in [2.24, 2.45) is 35.5 Å². The molecule has 6 rings (SSSR count). The number of ether oxygens (including phenoxy) is 7. The maximum Gasteiger partial charge on any atom is 0.411 e. The molecule has 5 aliphatic rings. The number of carboxylic acids is 1. The standard InChI is InChI=1S/C43H66BrNO12/c1-10-41(16-15-33(54-41)40(8)17-18-42(57-40)21-31(46)26(5)36(55-42)27(6)35(51-9)28(7)38(47)48)37-24(3)20-32(53-37)34-23(2)19-25(4)43(50,56-34)22-52-39(49)45-30-13-11-29(44)12-14-30/h11-14,23-28,31-37,46,50H,10,15-22H2,1-9H3,(H,45,49)(H,47,48). The lowest BCUT2D eigenvalue weighted by Gasteiger charge is -2.49. The van der Waals surface area contributed by atoms with Crippen molar-refractivity contribution >= 4 is 33.7 Å². The van der Waals surface area contributed by atoms with E-state index in [1.165, 1.54) is 7.11 Å². The first-order chi connectivity index (χ1) is 26.8. The monoisotopic (exact) mass is 867 g/mol. The van der Waals surface area contributed by atoms with Crippen molar-refractivity contribution in [1.82, 2.24) is 0 Å². The first-order valence-corrected chi connectivity index (χ1v) is 21.8. The van der Waals surface area contributed by atoms with Crippen molar-refractivity contribution in [2.45, 2.75) is 172 Å². The van der Waals surface area contributed by atoms with E-state index < -0.39 is 65.2 Å². The van der Waals surface area contributed by atoms with Crippen molar-refractivity contribution < 1.29 is 58.1 Å². The van der Waals surface area contributed by atoms with E-state index in [0.717, 1.165) is 30.2 Å². The van der Waals surface area contributed by atoms with Gasteiger partial charge in [-0.25, -0.2) is 4.79 Å². The van der Waals surface area contributed by atoms with Crippen LogP contribution in [-0.2, 0) is 38.0 Å². The Morgan fingerprint density at radius 2 is 1.72 bits per heavy atom. The molecule has 0 bridgehead atoms. The van der Waals surface area contributed by atoms with Crippen LogP contribution in [0.4, 0.5) is 10.5 Å².